The summed E-state index contributed by atoms with van der Waals surface area (Å²) in [5.74, 6) is -0.521. The van der Waals surface area contributed by atoms with Crippen LogP contribution in [-0.4, -0.2) is 41.1 Å². The zero-order valence-electron chi connectivity index (χ0n) is 14.7. The monoisotopic (exact) mass is 397 g/mol. The first-order valence-corrected chi connectivity index (χ1v) is 9.96. The van der Waals surface area contributed by atoms with Gasteiger partial charge in [-0.3, -0.25) is 0 Å². The lowest BCUT2D eigenvalue weighted by molar-refractivity contribution is -0.129. The summed E-state index contributed by atoms with van der Waals surface area (Å²) in [4.78, 5) is 7.87. The van der Waals surface area contributed by atoms with Crippen molar-refractivity contribution < 1.29 is 17.4 Å². The molecule has 0 spiro atoms. The average Bonchev–Trinajstić information content (AvgIpc) is 3.03. The molecule has 27 heavy (non-hydrogen) atoms. The molecule has 3 rings (SSSR count). The minimum absolute atomic E-state index is 0.368. The first kappa shape index (κ1) is 19.3. The Morgan fingerprint density at radius 3 is 2.56 bits per heavy atom. The Morgan fingerprint density at radius 2 is 1.93 bits per heavy atom. The van der Waals surface area contributed by atoms with E-state index in [1.807, 2.05) is 0 Å². The molecule has 3 aromatic rings. The molecule has 0 saturated carbocycles. The van der Waals surface area contributed by atoms with Crippen LogP contribution in [0.2, 0.25) is 0 Å². The highest BCUT2D eigenvalue weighted by Crippen LogP contribution is 2.27. The van der Waals surface area contributed by atoms with E-state index in [2.05, 4.69) is 19.4 Å². The zero-order chi connectivity index (χ0) is 19.7. The lowest BCUT2D eigenvalue weighted by Crippen LogP contribution is -2.22. The fraction of sp³-hybridized carbons (Fsp3) is 0.353. The molecule has 0 fully saturated rings. The van der Waals surface area contributed by atoms with Crippen molar-refractivity contribution in [2.24, 2.45) is 4.36 Å². The molecule has 0 N–H and O–H groups in total. The summed E-state index contributed by atoms with van der Waals surface area (Å²) >= 11 is 0. The first-order chi connectivity index (χ1) is 12.7. The van der Waals surface area contributed by atoms with E-state index in [0.29, 0.717) is 16.9 Å². The maximum atomic E-state index is 13.0. The summed E-state index contributed by atoms with van der Waals surface area (Å²) in [5, 5.41) is 4.62. The number of hydrogen-bond donors (Lipinski definition) is 0. The largest absolute Gasteiger partial charge is 0.390 e. The number of nitrogens with zero attached hydrogens (tertiary/aromatic N) is 5. The fourth-order valence-electron chi connectivity index (χ4n) is 2.44. The van der Waals surface area contributed by atoms with Gasteiger partial charge in [-0.1, -0.05) is 13.8 Å². The Bertz CT molecular complexity index is 1050. The molecule has 144 valence electrons. The third kappa shape index (κ3) is 4.62. The van der Waals surface area contributed by atoms with Gasteiger partial charge in [-0.25, -0.2) is 18.9 Å². The van der Waals surface area contributed by atoms with E-state index in [0.717, 1.165) is 5.39 Å². The third-order valence-electron chi connectivity index (χ3n) is 3.97. The van der Waals surface area contributed by atoms with E-state index in [-0.39, 0.29) is 0 Å². The summed E-state index contributed by atoms with van der Waals surface area (Å²) in [6, 6.07) is 4.97. The Morgan fingerprint density at radius 1 is 1.22 bits per heavy atom. The van der Waals surface area contributed by atoms with E-state index in [1.165, 1.54) is 6.33 Å². The SMILES string of the molecule is CC(C)S(=O)(CCC(F)(F)F)=Nc1ccc2nn(-c3cncnc3)cc2c1. The predicted octanol–water partition coefficient (Wildman–Crippen LogP) is 4.28. The summed E-state index contributed by atoms with van der Waals surface area (Å²) in [7, 11) is -3.05. The summed E-state index contributed by atoms with van der Waals surface area (Å²) in [6.45, 7) is 3.24. The van der Waals surface area contributed by atoms with Gasteiger partial charge in [0.25, 0.3) is 0 Å². The molecule has 10 heteroatoms. The molecular formula is C17H18F3N5OS. The van der Waals surface area contributed by atoms with Gasteiger partial charge in [0, 0.05) is 22.6 Å². The summed E-state index contributed by atoms with van der Waals surface area (Å²) in [6.07, 6.45) is 0.866. The predicted molar refractivity (Wildman–Crippen MR) is 97.6 cm³/mol. The molecule has 0 aliphatic heterocycles. The van der Waals surface area contributed by atoms with Crippen LogP contribution >= 0.6 is 0 Å². The standard InChI is InChI=1S/C17H18F3N5OS/c1-12(2)27(26,6-5-17(18,19)20)24-14-3-4-16-13(7-14)10-25(23-16)15-8-21-11-22-9-15/h3-4,7-12H,5-6H2,1-2H3. The molecule has 0 aliphatic carbocycles. The molecule has 6 nitrogen and oxygen atoms in total. The normalized spacial score (nSPS) is 14.4. The van der Waals surface area contributed by atoms with E-state index in [4.69, 9.17) is 0 Å². The lowest BCUT2D eigenvalue weighted by Gasteiger charge is -2.15. The second-order valence-electron chi connectivity index (χ2n) is 6.31. The van der Waals surface area contributed by atoms with Gasteiger partial charge in [-0.05, 0) is 18.2 Å². The molecule has 0 saturated heterocycles. The maximum Gasteiger partial charge on any atom is 0.390 e. The van der Waals surface area contributed by atoms with Crippen LogP contribution in [0, 0.1) is 0 Å². The van der Waals surface area contributed by atoms with E-state index in [1.54, 1.807) is 55.3 Å². The second-order valence-corrected chi connectivity index (χ2v) is 9.23. The molecule has 0 amide bonds. The van der Waals surface area contributed by atoms with Crippen molar-refractivity contribution in [3.63, 3.8) is 0 Å². The van der Waals surface area contributed by atoms with Crippen LogP contribution < -0.4 is 0 Å². The topological polar surface area (TPSA) is 73.0 Å². The van der Waals surface area contributed by atoms with E-state index < -0.39 is 33.3 Å². The van der Waals surface area contributed by atoms with Gasteiger partial charge in [0.15, 0.2) is 0 Å². The molecular weight excluding hydrogens is 379 g/mol. The van der Waals surface area contributed by atoms with E-state index in [9.17, 15) is 17.4 Å². The average molecular weight is 397 g/mol. The van der Waals surface area contributed by atoms with Crippen molar-refractivity contribution in [2.45, 2.75) is 31.7 Å². The minimum Gasteiger partial charge on any atom is -0.249 e. The number of aromatic nitrogens is 4. The van der Waals surface area contributed by atoms with Crippen LogP contribution in [0.1, 0.15) is 20.3 Å². The Hall–Kier alpha value is -2.49. The second kappa shape index (κ2) is 7.26. The molecule has 2 heterocycles. The first-order valence-electron chi connectivity index (χ1n) is 8.21. The number of benzene rings is 1. The van der Waals surface area contributed by atoms with Gasteiger partial charge >= 0.3 is 6.18 Å². The van der Waals surface area contributed by atoms with Crippen molar-refractivity contribution in [3.8, 4) is 5.69 Å². The quantitative estimate of drug-likeness (QED) is 0.644. The van der Waals surface area contributed by atoms with Gasteiger partial charge in [-0.15, -0.1) is 0 Å². The number of halogens is 3. The number of alkyl halides is 3. The minimum atomic E-state index is -4.37. The van der Waals surface area contributed by atoms with Crippen LogP contribution in [-0.2, 0) is 9.73 Å². The Balaban J connectivity index is 1.98. The fourth-order valence-corrected chi connectivity index (χ4v) is 4.21. The Labute approximate surface area is 154 Å². The van der Waals surface area contributed by atoms with Crippen molar-refractivity contribution in [2.75, 3.05) is 5.75 Å². The Kier molecular flexibility index (Phi) is 5.18. The molecule has 2 aromatic heterocycles. The molecule has 0 bridgehead atoms. The number of fused-ring (bicyclic) bond motifs is 1. The van der Waals surface area contributed by atoms with Gasteiger partial charge in [0.2, 0.25) is 0 Å². The van der Waals surface area contributed by atoms with E-state index >= 15 is 0 Å². The highest BCUT2D eigenvalue weighted by atomic mass is 32.2. The van der Waals surface area contributed by atoms with Crippen LogP contribution in [0.4, 0.5) is 18.9 Å². The van der Waals surface area contributed by atoms with Crippen molar-refractivity contribution in [1.29, 1.82) is 0 Å². The van der Waals surface area contributed by atoms with Crippen LogP contribution in [0.15, 0.2) is 47.5 Å². The molecule has 1 aromatic carbocycles. The van der Waals surface area contributed by atoms with Gasteiger partial charge in [-0.2, -0.15) is 22.6 Å². The van der Waals surface area contributed by atoms with Crippen LogP contribution in [0.3, 0.4) is 0 Å². The molecule has 1 atom stereocenters. The van der Waals surface area contributed by atoms with Crippen molar-refractivity contribution >= 4 is 26.3 Å². The smallest absolute Gasteiger partial charge is 0.249 e. The van der Waals surface area contributed by atoms with Crippen LogP contribution in [0.25, 0.3) is 16.6 Å². The highest BCUT2D eigenvalue weighted by molar-refractivity contribution is 7.94. The maximum absolute atomic E-state index is 13.0. The third-order valence-corrected chi connectivity index (χ3v) is 6.76. The van der Waals surface area contributed by atoms with Crippen molar-refractivity contribution in [3.05, 3.63) is 43.1 Å². The summed E-state index contributed by atoms with van der Waals surface area (Å²) in [5.41, 5.74) is 1.71. The molecule has 0 aliphatic rings. The zero-order valence-corrected chi connectivity index (χ0v) is 15.5. The molecule has 1 unspecified atom stereocenters. The number of hydrogen-bond acceptors (Lipinski definition) is 5. The van der Waals surface area contributed by atoms with Gasteiger partial charge in [0.1, 0.15) is 12.0 Å². The van der Waals surface area contributed by atoms with Gasteiger partial charge < -0.3 is 0 Å². The van der Waals surface area contributed by atoms with Gasteiger partial charge in [0.05, 0.1) is 39.7 Å². The van der Waals surface area contributed by atoms with Crippen LogP contribution in [0.5, 0.6) is 0 Å². The van der Waals surface area contributed by atoms with Crippen molar-refractivity contribution in [1.82, 2.24) is 19.7 Å². The molecule has 0 radical (unpaired) electrons. The summed E-state index contributed by atoms with van der Waals surface area (Å²) < 4.78 is 56.5. The highest BCUT2D eigenvalue weighted by Gasteiger charge is 2.30. The number of rotatable bonds is 5. The lowest BCUT2D eigenvalue weighted by atomic mass is 10.2.